The molecule has 0 saturated carbocycles. The minimum Gasteiger partial charge on any atom is -0.467 e. The number of rotatable bonds is 8. The number of sulfonamides is 1. The highest BCUT2D eigenvalue weighted by Gasteiger charge is 2.43. The number of likely N-dealkylation sites (tertiary alicyclic amines) is 1. The largest absolute Gasteiger partial charge is 0.467 e. The maximum atomic E-state index is 14.0. The van der Waals surface area contributed by atoms with Crippen LogP contribution in [-0.2, 0) is 36.9 Å². The number of pyridine rings is 2. The fourth-order valence-electron chi connectivity index (χ4n) is 4.56. The lowest BCUT2D eigenvalue weighted by Crippen LogP contribution is -2.48. The monoisotopic (exact) mass is 580 g/mol. The molecule has 11 nitrogen and oxygen atoms in total. The van der Waals surface area contributed by atoms with Gasteiger partial charge in [-0.3, -0.25) is 4.79 Å². The molecule has 1 fully saturated rings. The Kier molecular flexibility index (Phi) is 7.90. The van der Waals surface area contributed by atoms with Crippen LogP contribution in [0.2, 0.25) is 0 Å². The number of nitrogens with two attached hydrogens (primary N) is 1. The molecule has 0 radical (unpaired) electrons. The summed E-state index contributed by atoms with van der Waals surface area (Å²) in [6, 6.07) is 3.74. The lowest BCUT2D eigenvalue weighted by atomic mass is 9.95. The zero-order chi connectivity index (χ0) is 29.4. The predicted molar refractivity (Wildman–Crippen MR) is 140 cm³/mol. The number of nitrogens with one attached hydrogen (secondary N) is 1. The highest BCUT2D eigenvalue weighted by molar-refractivity contribution is 7.89. The Morgan fingerprint density at radius 3 is 2.58 bits per heavy atom. The molecule has 1 aromatic carbocycles. The number of aromatic nitrogens is 2. The van der Waals surface area contributed by atoms with Crippen LogP contribution in [0.5, 0.6) is 0 Å². The van der Waals surface area contributed by atoms with Gasteiger partial charge in [0, 0.05) is 44.8 Å². The predicted octanol–water partition coefficient (Wildman–Crippen LogP) is 1.96. The number of carbonyl (C=O) groups excluding carboxylic acids is 2. The normalized spacial score (nSPS) is 16.8. The Bertz CT molecular complexity index is 1550. The van der Waals surface area contributed by atoms with Crippen LogP contribution in [0, 0.1) is 0 Å². The molecule has 2 aromatic heterocycles. The van der Waals surface area contributed by atoms with E-state index in [0.29, 0.717) is 11.2 Å². The van der Waals surface area contributed by atoms with Gasteiger partial charge in [0.15, 0.2) is 0 Å². The summed E-state index contributed by atoms with van der Waals surface area (Å²) >= 11 is 0. The molecule has 0 aliphatic carbocycles. The van der Waals surface area contributed by atoms with Crippen LogP contribution < -0.4 is 15.4 Å². The minimum absolute atomic E-state index is 0.0131. The van der Waals surface area contributed by atoms with Crippen LogP contribution in [0.1, 0.15) is 17.5 Å². The molecular formula is C25H27F3N6O5S. The van der Waals surface area contributed by atoms with E-state index in [-0.39, 0.29) is 34.6 Å². The smallest absolute Gasteiger partial charge is 0.416 e. The van der Waals surface area contributed by atoms with Crippen molar-refractivity contribution in [3.8, 4) is 0 Å². The molecule has 1 aliphatic heterocycles. The number of halogens is 3. The fraction of sp³-hybridized carbons (Fsp3) is 0.360. The molecule has 3 heterocycles. The molecule has 1 saturated heterocycles. The number of benzene rings is 1. The number of ether oxygens (including phenoxy) is 1. The summed E-state index contributed by atoms with van der Waals surface area (Å²) in [5.41, 5.74) is 4.47. The first-order chi connectivity index (χ1) is 18.7. The second-order valence-corrected chi connectivity index (χ2v) is 11.1. The van der Waals surface area contributed by atoms with Crippen LogP contribution in [0.15, 0.2) is 47.6 Å². The van der Waals surface area contributed by atoms with Crippen LogP contribution in [-0.4, -0.2) is 75.0 Å². The third kappa shape index (κ3) is 5.79. The van der Waals surface area contributed by atoms with Crippen molar-refractivity contribution in [1.29, 1.82) is 0 Å². The van der Waals surface area contributed by atoms with Crippen LogP contribution in [0.4, 0.5) is 24.8 Å². The van der Waals surface area contributed by atoms with Gasteiger partial charge in [0.2, 0.25) is 15.9 Å². The molecule has 15 heteroatoms. The molecule has 3 N–H and O–H groups in total. The van der Waals surface area contributed by atoms with Gasteiger partial charge in [0.05, 0.1) is 12.7 Å². The Hall–Kier alpha value is -3.98. The Morgan fingerprint density at radius 1 is 1.25 bits per heavy atom. The van der Waals surface area contributed by atoms with Gasteiger partial charge in [0.25, 0.3) is 0 Å². The van der Waals surface area contributed by atoms with Crippen LogP contribution in [0.25, 0.3) is 10.8 Å². The van der Waals surface area contributed by atoms with Gasteiger partial charge in [-0.15, -0.1) is 0 Å². The Balaban J connectivity index is 1.62. The number of alkyl halides is 3. The van der Waals surface area contributed by atoms with Gasteiger partial charge in [-0.1, -0.05) is 6.07 Å². The number of hydrogen-bond acceptors (Lipinski definition) is 9. The lowest BCUT2D eigenvalue weighted by molar-refractivity contribution is -0.151. The van der Waals surface area contributed by atoms with E-state index in [0.717, 1.165) is 24.3 Å². The Labute approximate surface area is 228 Å². The summed E-state index contributed by atoms with van der Waals surface area (Å²) in [7, 11) is 0.358. The zero-order valence-corrected chi connectivity index (χ0v) is 22.6. The summed E-state index contributed by atoms with van der Waals surface area (Å²) < 4.78 is 75.1. The first-order valence-corrected chi connectivity index (χ1v) is 13.5. The van der Waals surface area contributed by atoms with E-state index in [9.17, 15) is 31.2 Å². The van der Waals surface area contributed by atoms with Gasteiger partial charge >= 0.3 is 12.1 Å². The summed E-state index contributed by atoms with van der Waals surface area (Å²) in [5.74, 6) is -1.27. The number of esters is 1. The van der Waals surface area contributed by atoms with E-state index in [1.165, 1.54) is 30.5 Å². The van der Waals surface area contributed by atoms with Crippen LogP contribution in [0.3, 0.4) is 0 Å². The molecule has 0 bridgehead atoms. The number of nitrogens with zero attached hydrogens (tertiary/aromatic N) is 4. The van der Waals surface area contributed by atoms with Gasteiger partial charge < -0.3 is 20.3 Å². The minimum atomic E-state index is -4.80. The van der Waals surface area contributed by atoms with Crippen molar-refractivity contribution in [2.75, 3.05) is 38.4 Å². The standard InChI is InChI=1S/C25H27F3N6O5S/c1-33(2)21-5-4-16(13-31-21)40(37,38)32-19-7-9-34(23(19)35)20(24(36)39-3)11-15-10-14-6-8-30-22(29)17(14)12-18(15)25(26,27)28/h4-6,8,10,12-13,19-20,32H,7,9,11H2,1-3H3,(H2,29,30)/t19-,20?/m0/s1. The second-order valence-electron chi connectivity index (χ2n) is 9.41. The molecule has 0 spiro atoms. The van der Waals surface area contributed by atoms with Crippen molar-refractivity contribution in [2.24, 2.45) is 0 Å². The molecule has 1 amide bonds. The third-order valence-electron chi connectivity index (χ3n) is 6.61. The van der Waals surface area contributed by atoms with Crippen molar-refractivity contribution < 1.29 is 35.9 Å². The molecule has 2 atom stereocenters. The number of methoxy groups -OCH3 is 1. The quantitative estimate of drug-likeness (QED) is 0.382. The van der Waals surface area contributed by atoms with E-state index in [2.05, 4.69) is 14.7 Å². The number of amides is 1. The topological polar surface area (TPSA) is 148 Å². The number of hydrogen-bond donors (Lipinski definition) is 2. The first-order valence-electron chi connectivity index (χ1n) is 12.0. The van der Waals surface area contributed by atoms with E-state index in [1.807, 2.05) is 0 Å². The van der Waals surface area contributed by atoms with Crippen molar-refractivity contribution in [3.05, 3.63) is 53.9 Å². The summed E-state index contributed by atoms with van der Waals surface area (Å²) in [6.07, 6.45) is -2.85. The number of carbonyl (C=O) groups is 2. The number of anilines is 2. The van der Waals surface area contributed by atoms with Gasteiger partial charge in [-0.25, -0.2) is 23.2 Å². The Morgan fingerprint density at radius 2 is 1.98 bits per heavy atom. The van der Waals surface area contributed by atoms with Crippen molar-refractivity contribution in [3.63, 3.8) is 0 Å². The highest BCUT2D eigenvalue weighted by Crippen LogP contribution is 2.37. The second kappa shape index (κ2) is 10.9. The lowest BCUT2D eigenvalue weighted by Gasteiger charge is -2.27. The third-order valence-corrected chi connectivity index (χ3v) is 8.07. The zero-order valence-electron chi connectivity index (χ0n) is 21.8. The summed E-state index contributed by atoms with van der Waals surface area (Å²) in [4.78, 5) is 36.5. The molecule has 1 aliphatic rings. The van der Waals surface area contributed by atoms with Gasteiger partial charge in [-0.2, -0.15) is 17.9 Å². The maximum Gasteiger partial charge on any atom is 0.416 e. The van der Waals surface area contributed by atoms with E-state index in [4.69, 9.17) is 10.5 Å². The highest BCUT2D eigenvalue weighted by atomic mass is 32.2. The average Bonchev–Trinajstić information content (AvgIpc) is 3.24. The molecule has 3 aromatic rings. The van der Waals surface area contributed by atoms with Gasteiger partial charge in [0.1, 0.15) is 28.6 Å². The van der Waals surface area contributed by atoms with Gasteiger partial charge in [-0.05, 0) is 41.6 Å². The molecule has 4 rings (SSSR count). The maximum absolute atomic E-state index is 14.0. The van der Waals surface area contributed by atoms with E-state index < -0.39 is 52.1 Å². The summed E-state index contributed by atoms with van der Waals surface area (Å²) in [6.45, 7) is -0.0879. The first kappa shape index (κ1) is 29.0. The fourth-order valence-corrected chi connectivity index (χ4v) is 5.73. The average molecular weight is 581 g/mol. The molecule has 214 valence electrons. The number of nitrogen functional groups attached to an aromatic ring is 1. The summed E-state index contributed by atoms with van der Waals surface area (Å²) in [5, 5.41) is 0.458. The molecule has 1 unspecified atom stereocenters. The van der Waals surface area contributed by atoms with Crippen molar-refractivity contribution in [2.45, 2.75) is 36.0 Å². The SMILES string of the molecule is COC(=O)C(Cc1cc2ccnc(N)c2cc1C(F)(F)F)N1CC[C@H](NS(=O)(=O)c2ccc(N(C)C)nc2)C1=O. The van der Waals surface area contributed by atoms with Crippen molar-refractivity contribution >= 4 is 44.3 Å². The van der Waals surface area contributed by atoms with E-state index in [1.54, 1.807) is 19.0 Å². The van der Waals surface area contributed by atoms with Crippen LogP contribution >= 0.6 is 0 Å². The van der Waals surface area contributed by atoms with E-state index >= 15 is 0 Å². The molecule has 40 heavy (non-hydrogen) atoms. The molecular weight excluding hydrogens is 553 g/mol. The number of fused-ring (bicyclic) bond motifs is 1. The van der Waals surface area contributed by atoms with Crippen molar-refractivity contribution in [1.82, 2.24) is 19.6 Å².